The molecule has 0 aliphatic carbocycles. The first-order valence-electron chi connectivity index (χ1n) is 7.96. The van der Waals surface area contributed by atoms with Crippen LogP contribution in [0.4, 0.5) is 4.79 Å². The average Bonchev–Trinajstić information content (AvgIpc) is 2.41. The van der Waals surface area contributed by atoms with E-state index in [1.54, 1.807) is 11.1 Å². The summed E-state index contributed by atoms with van der Waals surface area (Å²) in [5.41, 5.74) is -0.389. The lowest BCUT2D eigenvalue weighted by molar-refractivity contribution is -0.126. The molecule has 1 aromatic heterocycles. The van der Waals surface area contributed by atoms with E-state index < -0.39 is 11.1 Å². The summed E-state index contributed by atoms with van der Waals surface area (Å²) >= 11 is 0. The molecule has 0 saturated carbocycles. The second-order valence-electron chi connectivity index (χ2n) is 6.93. The van der Waals surface area contributed by atoms with Crippen LogP contribution in [-0.2, 0) is 15.1 Å². The Balaban J connectivity index is 2.10. The van der Waals surface area contributed by atoms with Crippen LogP contribution in [0.1, 0.15) is 46.2 Å². The number of nitrogens with one attached hydrogen (secondary N) is 1. The molecule has 0 atom stereocenters. The van der Waals surface area contributed by atoms with Gasteiger partial charge in [-0.25, -0.2) is 4.79 Å². The zero-order chi connectivity index (χ0) is 17.1. The SMILES string of the molecule is CCCC(=O)NC1(c2ccccn2)CN(C(=O)OC(C)(C)C)C1. The van der Waals surface area contributed by atoms with Crippen LogP contribution in [0.5, 0.6) is 0 Å². The van der Waals surface area contributed by atoms with Crippen LogP contribution in [0.25, 0.3) is 0 Å². The molecule has 0 aromatic carbocycles. The summed E-state index contributed by atoms with van der Waals surface area (Å²) < 4.78 is 5.38. The van der Waals surface area contributed by atoms with E-state index in [1.165, 1.54) is 0 Å². The summed E-state index contributed by atoms with van der Waals surface area (Å²) in [6.07, 6.45) is 2.56. The lowest BCUT2D eigenvalue weighted by Crippen LogP contribution is -2.69. The molecule has 2 amide bonds. The van der Waals surface area contributed by atoms with E-state index in [0.717, 1.165) is 12.1 Å². The summed E-state index contributed by atoms with van der Waals surface area (Å²) in [5, 5.41) is 3.04. The Morgan fingerprint density at radius 1 is 1.35 bits per heavy atom. The van der Waals surface area contributed by atoms with Crippen LogP contribution in [0, 0.1) is 0 Å². The molecular formula is C17H25N3O3. The topological polar surface area (TPSA) is 71.5 Å². The highest BCUT2D eigenvalue weighted by Crippen LogP contribution is 2.32. The van der Waals surface area contributed by atoms with E-state index in [9.17, 15) is 9.59 Å². The number of ether oxygens (including phenoxy) is 1. The van der Waals surface area contributed by atoms with Gasteiger partial charge in [0.2, 0.25) is 5.91 Å². The van der Waals surface area contributed by atoms with Crippen molar-refractivity contribution in [3.05, 3.63) is 30.1 Å². The van der Waals surface area contributed by atoms with Gasteiger partial charge in [-0.3, -0.25) is 9.78 Å². The fraction of sp³-hybridized carbons (Fsp3) is 0.588. The second kappa shape index (κ2) is 6.56. The third-order valence-corrected chi connectivity index (χ3v) is 3.58. The molecule has 0 spiro atoms. The van der Waals surface area contributed by atoms with Crippen molar-refractivity contribution in [2.75, 3.05) is 13.1 Å². The Bertz CT molecular complexity index is 560. The molecule has 126 valence electrons. The van der Waals surface area contributed by atoms with Gasteiger partial charge in [0.1, 0.15) is 11.1 Å². The molecule has 0 bridgehead atoms. The van der Waals surface area contributed by atoms with E-state index in [1.807, 2.05) is 45.9 Å². The first-order valence-corrected chi connectivity index (χ1v) is 7.96. The van der Waals surface area contributed by atoms with Crippen LogP contribution in [0.2, 0.25) is 0 Å². The molecule has 1 fully saturated rings. The highest BCUT2D eigenvalue weighted by atomic mass is 16.6. The Morgan fingerprint density at radius 3 is 2.57 bits per heavy atom. The predicted octanol–water partition coefficient (Wildman–Crippen LogP) is 2.44. The standard InChI is InChI=1S/C17H25N3O3/c1-5-8-14(21)19-17(13-9-6-7-10-18-13)11-20(12-17)15(22)23-16(2,3)4/h6-7,9-10H,5,8,11-12H2,1-4H3,(H,19,21). The molecular weight excluding hydrogens is 294 g/mol. The average molecular weight is 319 g/mol. The molecule has 2 heterocycles. The quantitative estimate of drug-likeness (QED) is 0.925. The minimum atomic E-state index is -0.621. The Hall–Kier alpha value is -2.11. The van der Waals surface area contributed by atoms with Crippen molar-refractivity contribution in [1.29, 1.82) is 0 Å². The van der Waals surface area contributed by atoms with E-state index in [2.05, 4.69) is 10.3 Å². The molecule has 0 radical (unpaired) electrons. The number of hydrogen-bond acceptors (Lipinski definition) is 4. The van der Waals surface area contributed by atoms with Gasteiger partial charge in [0.25, 0.3) is 0 Å². The third kappa shape index (κ3) is 4.21. The van der Waals surface area contributed by atoms with E-state index in [-0.39, 0.29) is 12.0 Å². The summed E-state index contributed by atoms with van der Waals surface area (Å²) in [5.74, 6) is -0.0259. The van der Waals surface area contributed by atoms with Gasteiger partial charge in [0, 0.05) is 12.6 Å². The third-order valence-electron chi connectivity index (χ3n) is 3.58. The Labute approximate surface area is 137 Å². The zero-order valence-electron chi connectivity index (χ0n) is 14.3. The van der Waals surface area contributed by atoms with Crippen LogP contribution in [0.15, 0.2) is 24.4 Å². The fourth-order valence-corrected chi connectivity index (χ4v) is 2.57. The minimum absolute atomic E-state index is 0.0259. The number of rotatable bonds is 4. The van der Waals surface area contributed by atoms with Crippen molar-refractivity contribution in [3.63, 3.8) is 0 Å². The van der Waals surface area contributed by atoms with Crippen molar-refractivity contribution in [2.45, 2.75) is 51.7 Å². The first kappa shape index (κ1) is 17.2. The summed E-state index contributed by atoms with van der Waals surface area (Å²) in [7, 11) is 0. The summed E-state index contributed by atoms with van der Waals surface area (Å²) in [6, 6.07) is 5.58. The molecule has 1 N–H and O–H groups in total. The lowest BCUT2D eigenvalue weighted by atomic mass is 9.85. The van der Waals surface area contributed by atoms with Crippen molar-refractivity contribution < 1.29 is 14.3 Å². The normalized spacial score (nSPS) is 16.4. The Morgan fingerprint density at radius 2 is 2.04 bits per heavy atom. The number of likely N-dealkylation sites (tertiary alicyclic amines) is 1. The number of hydrogen-bond donors (Lipinski definition) is 1. The van der Waals surface area contributed by atoms with Crippen molar-refractivity contribution in [1.82, 2.24) is 15.2 Å². The van der Waals surface area contributed by atoms with E-state index in [0.29, 0.717) is 19.5 Å². The maximum absolute atomic E-state index is 12.1. The Kier molecular flexibility index (Phi) is 4.92. The van der Waals surface area contributed by atoms with Crippen molar-refractivity contribution >= 4 is 12.0 Å². The molecule has 2 rings (SSSR count). The van der Waals surface area contributed by atoms with Crippen molar-refractivity contribution in [2.24, 2.45) is 0 Å². The maximum atomic E-state index is 12.1. The number of aromatic nitrogens is 1. The fourth-order valence-electron chi connectivity index (χ4n) is 2.57. The van der Waals surface area contributed by atoms with Crippen molar-refractivity contribution in [3.8, 4) is 0 Å². The highest BCUT2D eigenvalue weighted by Gasteiger charge is 2.49. The van der Waals surface area contributed by atoms with Gasteiger partial charge in [0.15, 0.2) is 0 Å². The minimum Gasteiger partial charge on any atom is -0.444 e. The molecule has 23 heavy (non-hydrogen) atoms. The van der Waals surface area contributed by atoms with Gasteiger partial charge in [-0.15, -0.1) is 0 Å². The van der Waals surface area contributed by atoms with Crippen LogP contribution < -0.4 is 5.32 Å². The van der Waals surface area contributed by atoms with Crippen LogP contribution in [-0.4, -0.2) is 40.6 Å². The molecule has 1 aromatic rings. The monoisotopic (exact) mass is 319 g/mol. The highest BCUT2D eigenvalue weighted by molar-refractivity contribution is 5.78. The second-order valence-corrected chi connectivity index (χ2v) is 6.93. The summed E-state index contributed by atoms with van der Waals surface area (Å²) in [4.78, 5) is 30.1. The number of carbonyl (C=O) groups excluding carboxylic acids is 2. The molecule has 1 aliphatic rings. The van der Waals surface area contributed by atoms with E-state index >= 15 is 0 Å². The first-order chi connectivity index (χ1) is 10.8. The number of nitrogens with zero attached hydrogens (tertiary/aromatic N) is 2. The van der Waals surface area contributed by atoms with Gasteiger partial charge in [-0.2, -0.15) is 0 Å². The number of amides is 2. The maximum Gasteiger partial charge on any atom is 0.410 e. The van der Waals surface area contributed by atoms with E-state index in [4.69, 9.17) is 4.74 Å². The summed E-state index contributed by atoms with van der Waals surface area (Å²) in [6.45, 7) is 8.20. The van der Waals surface area contributed by atoms with Gasteiger partial charge in [0.05, 0.1) is 18.8 Å². The number of carbonyl (C=O) groups is 2. The molecule has 1 aliphatic heterocycles. The van der Waals surface area contributed by atoms with Crippen LogP contribution in [0.3, 0.4) is 0 Å². The molecule has 6 nitrogen and oxygen atoms in total. The van der Waals surface area contributed by atoms with Gasteiger partial charge in [-0.1, -0.05) is 13.0 Å². The predicted molar refractivity (Wildman–Crippen MR) is 86.8 cm³/mol. The molecule has 1 saturated heterocycles. The van der Waals surface area contributed by atoms with Gasteiger partial charge >= 0.3 is 6.09 Å². The van der Waals surface area contributed by atoms with Gasteiger partial charge in [-0.05, 0) is 39.3 Å². The largest absolute Gasteiger partial charge is 0.444 e. The molecule has 0 unspecified atom stereocenters. The molecule has 6 heteroatoms. The lowest BCUT2D eigenvalue weighted by Gasteiger charge is -2.49. The van der Waals surface area contributed by atoms with Crippen LogP contribution >= 0.6 is 0 Å². The smallest absolute Gasteiger partial charge is 0.410 e. The number of pyridine rings is 1. The zero-order valence-corrected chi connectivity index (χ0v) is 14.3. The van der Waals surface area contributed by atoms with Gasteiger partial charge < -0.3 is 15.0 Å².